The van der Waals surface area contributed by atoms with Crippen molar-refractivity contribution in [3.8, 4) is 22.6 Å². The predicted molar refractivity (Wildman–Crippen MR) is 125 cm³/mol. The third kappa shape index (κ3) is 8.46. The molecule has 7 nitrogen and oxygen atoms in total. The van der Waals surface area contributed by atoms with Crippen LogP contribution in [0.4, 0.5) is 0 Å². The van der Waals surface area contributed by atoms with E-state index in [2.05, 4.69) is 13.2 Å². The molecule has 176 valence electrons. The topological polar surface area (TPSA) is 80.3 Å². The molecule has 0 heterocycles. The lowest BCUT2D eigenvalue weighted by molar-refractivity contribution is -0.140. The minimum Gasteiger partial charge on any atom is -0.496 e. The predicted octanol–water partition coefficient (Wildman–Crippen LogP) is 4.15. The van der Waals surface area contributed by atoms with E-state index in [1.54, 1.807) is 13.2 Å². The van der Waals surface area contributed by atoms with Crippen molar-refractivity contribution in [2.75, 3.05) is 40.6 Å². The fourth-order valence-electron chi connectivity index (χ4n) is 2.99. The summed E-state index contributed by atoms with van der Waals surface area (Å²) in [4.78, 5) is 22.8. The van der Waals surface area contributed by atoms with Gasteiger partial charge in [-0.15, -0.1) is 0 Å². The van der Waals surface area contributed by atoms with Gasteiger partial charge in [-0.2, -0.15) is 0 Å². The Morgan fingerprint density at radius 1 is 0.970 bits per heavy atom. The lowest BCUT2D eigenvalue weighted by Gasteiger charge is -2.13. The number of rotatable bonds is 14. The maximum absolute atomic E-state index is 11.7. The highest BCUT2D eigenvalue weighted by Gasteiger charge is 2.10. The quantitative estimate of drug-likeness (QED) is 0.241. The maximum atomic E-state index is 11.7. The first-order chi connectivity index (χ1) is 16.0. The Morgan fingerprint density at radius 2 is 1.73 bits per heavy atom. The summed E-state index contributed by atoms with van der Waals surface area (Å²) in [6, 6.07) is 13.7. The Kier molecular flexibility index (Phi) is 10.7. The number of carbonyl (C=O) groups is 2. The number of carbonyl (C=O) groups excluding carboxylic acids is 2. The van der Waals surface area contributed by atoms with Crippen molar-refractivity contribution >= 4 is 11.9 Å². The van der Waals surface area contributed by atoms with Crippen molar-refractivity contribution in [1.29, 1.82) is 0 Å². The molecule has 0 atom stereocenters. The van der Waals surface area contributed by atoms with Gasteiger partial charge in [-0.3, -0.25) is 0 Å². The number of ether oxygens (including phenoxy) is 5. The Hall–Kier alpha value is -3.58. The summed E-state index contributed by atoms with van der Waals surface area (Å²) >= 11 is 0. The smallest absolute Gasteiger partial charge is 0.335 e. The zero-order valence-corrected chi connectivity index (χ0v) is 19.1. The number of hydrogen-bond acceptors (Lipinski definition) is 7. The van der Waals surface area contributed by atoms with Gasteiger partial charge in [0.2, 0.25) is 0 Å². The molecule has 2 aromatic carbocycles. The fourth-order valence-corrected chi connectivity index (χ4v) is 2.99. The number of benzene rings is 2. The van der Waals surface area contributed by atoms with Gasteiger partial charge in [0, 0.05) is 24.8 Å². The minimum absolute atomic E-state index is 0.0971. The van der Waals surface area contributed by atoms with Gasteiger partial charge < -0.3 is 23.7 Å². The molecule has 0 aliphatic heterocycles. The molecule has 0 aliphatic rings. The Labute approximate surface area is 194 Å². The van der Waals surface area contributed by atoms with Gasteiger partial charge in [0.1, 0.15) is 24.7 Å². The molecular formula is C26H30O7. The number of hydrogen-bond donors (Lipinski definition) is 0. The van der Waals surface area contributed by atoms with Gasteiger partial charge in [0.25, 0.3) is 0 Å². The van der Waals surface area contributed by atoms with Crippen molar-refractivity contribution < 1.29 is 33.3 Å². The first-order valence-corrected chi connectivity index (χ1v) is 10.5. The molecular weight excluding hydrogens is 424 g/mol. The molecule has 0 bridgehead atoms. The van der Waals surface area contributed by atoms with Crippen molar-refractivity contribution in [2.45, 2.75) is 12.8 Å². The van der Waals surface area contributed by atoms with Gasteiger partial charge >= 0.3 is 11.9 Å². The van der Waals surface area contributed by atoms with Crippen LogP contribution in [0.3, 0.4) is 0 Å². The molecule has 0 saturated carbocycles. The third-order valence-electron chi connectivity index (χ3n) is 4.65. The van der Waals surface area contributed by atoms with Crippen molar-refractivity contribution in [2.24, 2.45) is 0 Å². The molecule has 0 spiro atoms. The number of methoxy groups -OCH3 is 2. The molecule has 33 heavy (non-hydrogen) atoms. The average molecular weight is 455 g/mol. The Bertz CT molecular complexity index is 948. The van der Waals surface area contributed by atoms with E-state index >= 15 is 0 Å². The summed E-state index contributed by atoms with van der Waals surface area (Å²) in [6.45, 7) is 7.76. The number of aryl methyl sites for hydroxylation is 1. The van der Waals surface area contributed by atoms with Crippen molar-refractivity contribution in [1.82, 2.24) is 0 Å². The van der Waals surface area contributed by atoms with Gasteiger partial charge in [-0.1, -0.05) is 37.4 Å². The van der Waals surface area contributed by atoms with E-state index in [0.717, 1.165) is 35.6 Å². The van der Waals surface area contributed by atoms with Crippen LogP contribution in [-0.4, -0.2) is 52.6 Å². The zero-order chi connectivity index (χ0) is 24.1. The van der Waals surface area contributed by atoms with Crippen LogP contribution in [0.1, 0.15) is 12.0 Å². The summed E-state index contributed by atoms with van der Waals surface area (Å²) in [7, 11) is 3.09. The highest BCUT2D eigenvalue weighted by Crippen LogP contribution is 2.33. The van der Waals surface area contributed by atoms with E-state index in [4.69, 9.17) is 23.7 Å². The fraction of sp³-hybridized carbons (Fsp3) is 0.308. The minimum atomic E-state index is -0.505. The van der Waals surface area contributed by atoms with Crippen LogP contribution in [0.25, 0.3) is 11.1 Å². The van der Waals surface area contributed by atoms with E-state index in [0.29, 0.717) is 18.1 Å². The van der Waals surface area contributed by atoms with Gasteiger partial charge in [-0.05, 0) is 36.1 Å². The highest BCUT2D eigenvalue weighted by atomic mass is 16.6. The van der Waals surface area contributed by atoms with E-state index in [1.807, 2.05) is 36.4 Å². The first-order valence-electron chi connectivity index (χ1n) is 10.5. The molecule has 2 aromatic rings. The largest absolute Gasteiger partial charge is 0.496 e. The van der Waals surface area contributed by atoms with Gasteiger partial charge in [-0.25, -0.2) is 9.59 Å². The molecule has 0 amide bonds. The van der Waals surface area contributed by atoms with Crippen LogP contribution in [-0.2, 0) is 30.2 Å². The van der Waals surface area contributed by atoms with Crippen LogP contribution < -0.4 is 9.47 Å². The normalized spacial score (nSPS) is 10.2. The molecule has 0 fully saturated rings. The molecule has 0 aliphatic carbocycles. The third-order valence-corrected chi connectivity index (χ3v) is 4.65. The van der Waals surface area contributed by atoms with Crippen molar-refractivity contribution in [3.63, 3.8) is 0 Å². The van der Waals surface area contributed by atoms with E-state index in [1.165, 1.54) is 7.11 Å². The lowest BCUT2D eigenvalue weighted by Crippen LogP contribution is -2.15. The summed E-state index contributed by atoms with van der Waals surface area (Å²) in [5, 5.41) is 0. The molecule has 2 rings (SSSR count). The molecule has 0 radical (unpaired) electrons. The van der Waals surface area contributed by atoms with Crippen LogP contribution in [0.5, 0.6) is 11.5 Å². The second-order valence-electron chi connectivity index (χ2n) is 7.06. The van der Waals surface area contributed by atoms with Gasteiger partial charge in [0.15, 0.2) is 0 Å². The van der Waals surface area contributed by atoms with Crippen LogP contribution in [0.15, 0.2) is 67.3 Å². The highest BCUT2D eigenvalue weighted by molar-refractivity contribution is 5.87. The molecule has 7 heteroatoms. The van der Waals surface area contributed by atoms with Gasteiger partial charge in [0.05, 0.1) is 25.9 Å². The van der Waals surface area contributed by atoms with Crippen LogP contribution >= 0.6 is 0 Å². The molecule has 0 unspecified atom stereocenters. The van der Waals surface area contributed by atoms with E-state index in [-0.39, 0.29) is 25.4 Å². The van der Waals surface area contributed by atoms with E-state index in [9.17, 15) is 9.59 Å². The average Bonchev–Trinajstić information content (AvgIpc) is 2.84. The second-order valence-corrected chi connectivity index (χ2v) is 7.06. The molecule has 0 N–H and O–H groups in total. The molecule has 0 saturated heterocycles. The Balaban J connectivity index is 1.89. The SMILES string of the molecule is C=CC(=O)OCCCc1ccc(-c2ccc(OCCOC(=O)C(=C)COC)cc2OC)cc1. The van der Waals surface area contributed by atoms with Crippen molar-refractivity contribution in [3.05, 3.63) is 72.8 Å². The summed E-state index contributed by atoms with van der Waals surface area (Å²) in [5.41, 5.74) is 3.34. The maximum Gasteiger partial charge on any atom is 0.335 e. The Morgan fingerprint density at radius 3 is 2.39 bits per heavy atom. The summed E-state index contributed by atoms with van der Waals surface area (Å²) < 4.78 is 26.1. The monoisotopic (exact) mass is 454 g/mol. The number of esters is 2. The lowest BCUT2D eigenvalue weighted by atomic mass is 10.0. The van der Waals surface area contributed by atoms with E-state index < -0.39 is 11.9 Å². The molecule has 0 aromatic heterocycles. The summed E-state index contributed by atoms with van der Waals surface area (Å²) in [5.74, 6) is 0.364. The van der Waals surface area contributed by atoms with Crippen LogP contribution in [0, 0.1) is 0 Å². The van der Waals surface area contributed by atoms with Crippen LogP contribution in [0.2, 0.25) is 0 Å². The second kappa shape index (κ2) is 13.8. The first kappa shape index (κ1) is 25.7. The zero-order valence-electron chi connectivity index (χ0n) is 19.1. The summed E-state index contributed by atoms with van der Waals surface area (Å²) in [6.07, 6.45) is 2.71. The standard InChI is InChI=1S/C26H30O7/c1-5-25(27)32-14-6-7-20-8-10-21(11-9-20)23-13-12-22(17-24(23)30-4)31-15-16-33-26(28)19(2)18-29-3/h5,8-13,17H,1-2,6-7,14-16,18H2,3-4H3.